The molecule has 8 heteroatoms. The first kappa shape index (κ1) is 20.8. The average molecular weight is 375 g/mol. The number of hydrogen-bond donors (Lipinski definition) is 0. The Labute approximate surface area is 145 Å². The van der Waals surface area contributed by atoms with Gasteiger partial charge in [0.25, 0.3) is 9.84 Å². The number of sulfone groups is 2. The zero-order chi connectivity index (χ0) is 18.4. The number of allylic oxidation sites excluding steroid dienone is 1. The minimum absolute atomic E-state index is 0.0758. The van der Waals surface area contributed by atoms with Crippen molar-refractivity contribution in [1.29, 1.82) is 0 Å². The second-order valence-corrected chi connectivity index (χ2v) is 10.4. The molecule has 0 aliphatic heterocycles. The van der Waals surface area contributed by atoms with Crippen LogP contribution >= 0.6 is 0 Å². The van der Waals surface area contributed by atoms with Crippen LogP contribution in [-0.2, 0) is 19.7 Å². The molecule has 0 spiro atoms. The van der Waals surface area contributed by atoms with Crippen LogP contribution in [0.4, 0.5) is 0 Å². The molecule has 1 aliphatic rings. The molecule has 1 aliphatic carbocycles. The Morgan fingerprint density at radius 3 is 2.17 bits per heavy atom. The van der Waals surface area contributed by atoms with Crippen molar-refractivity contribution in [2.75, 3.05) is 11.5 Å². The first-order valence-corrected chi connectivity index (χ1v) is 11.4. The number of nitrogens with zero attached hydrogens (tertiary/aromatic N) is 2. The van der Waals surface area contributed by atoms with E-state index in [1.165, 1.54) is 12.2 Å². The molecule has 6 nitrogen and oxygen atoms in total. The Bertz CT molecular complexity index is 737. The van der Waals surface area contributed by atoms with Gasteiger partial charge < -0.3 is 5.53 Å². The molecule has 1 fully saturated rings. The van der Waals surface area contributed by atoms with Gasteiger partial charge in [-0.2, -0.15) is 4.79 Å². The highest BCUT2D eigenvalue weighted by atomic mass is 32.2. The van der Waals surface area contributed by atoms with E-state index in [0.29, 0.717) is 12.8 Å². The quantitative estimate of drug-likeness (QED) is 0.225. The van der Waals surface area contributed by atoms with E-state index in [2.05, 4.69) is 11.4 Å². The smallest absolute Gasteiger partial charge is 0.360 e. The summed E-state index contributed by atoms with van der Waals surface area (Å²) < 4.78 is 49.5. The molecule has 0 radical (unpaired) electrons. The van der Waals surface area contributed by atoms with Gasteiger partial charge in [-0.15, -0.1) is 6.58 Å². The summed E-state index contributed by atoms with van der Waals surface area (Å²) >= 11 is 0. The number of rotatable bonds is 7. The second kappa shape index (κ2) is 8.74. The molecule has 0 N–H and O–H groups in total. The first-order valence-electron chi connectivity index (χ1n) is 8.14. The normalized spacial score (nSPS) is 17.5. The van der Waals surface area contributed by atoms with E-state index >= 15 is 0 Å². The highest BCUT2D eigenvalue weighted by molar-refractivity contribution is 8.06. The fourth-order valence-electron chi connectivity index (χ4n) is 3.00. The van der Waals surface area contributed by atoms with Gasteiger partial charge in [0.2, 0.25) is 0 Å². The third-order valence-electron chi connectivity index (χ3n) is 4.14. The van der Waals surface area contributed by atoms with Crippen LogP contribution in [0, 0.1) is 11.8 Å². The van der Waals surface area contributed by atoms with E-state index in [-0.39, 0.29) is 27.5 Å². The molecule has 24 heavy (non-hydrogen) atoms. The molecule has 0 aromatic heterocycles. The lowest BCUT2D eigenvalue weighted by atomic mass is 9.90. The molecule has 1 saturated carbocycles. The van der Waals surface area contributed by atoms with Crippen LogP contribution in [0.2, 0.25) is 0 Å². The minimum atomic E-state index is -3.84. The van der Waals surface area contributed by atoms with Gasteiger partial charge in [0.05, 0.1) is 17.4 Å². The van der Waals surface area contributed by atoms with Crippen molar-refractivity contribution >= 4 is 24.7 Å². The maximum absolute atomic E-state index is 12.5. The van der Waals surface area contributed by atoms with Crippen LogP contribution in [-0.4, -0.2) is 38.2 Å². The van der Waals surface area contributed by atoms with Gasteiger partial charge in [0.15, 0.2) is 9.84 Å². The van der Waals surface area contributed by atoms with E-state index in [1.807, 2.05) is 0 Å². The standard InChI is InChI=1S/C16H26N2O4S2/c1-4-11-23(19,20)15(13(2)3)10-12-24(21,22)16(18-17)14-8-6-5-7-9-14/h4,10,13-14H,1,5-9,11-12H2,2-3H3. The second-order valence-electron chi connectivity index (χ2n) is 6.39. The monoisotopic (exact) mass is 374 g/mol. The summed E-state index contributed by atoms with van der Waals surface area (Å²) in [5, 5.41) is -0.220. The van der Waals surface area contributed by atoms with Crippen LogP contribution in [0.3, 0.4) is 0 Å². The maximum atomic E-state index is 12.5. The summed E-state index contributed by atoms with van der Waals surface area (Å²) in [4.78, 5) is 3.11. The highest BCUT2D eigenvalue weighted by Crippen LogP contribution is 2.27. The fraction of sp³-hybridized carbons (Fsp3) is 0.688. The largest absolute Gasteiger partial charge is 0.384 e. The maximum Gasteiger partial charge on any atom is 0.384 e. The van der Waals surface area contributed by atoms with Crippen molar-refractivity contribution in [1.82, 2.24) is 0 Å². The first-order chi connectivity index (χ1) is 11.2. The lowest BCUT2D eigenvalue weighted by molar-refractivity contribution is -0.00901. The Morgan fingerprint density at radius 2 is 1.71 bits per heavy atom. The topological polar surface area (TPSA) is 105 Å². The molecular formula is C16H26N2O4S2. The fourth-order valence-corrected chi connectivity index (χ4v) is 6.10. The minimum Gasteiger partial charge on any atom is -0.360 e. The van der Waals surface area contributed by atoms with Crippen LogP contribution in [0.1, 0.15) is 46.0 Å². The summed E-state index contributed by atoms with van der Waals surface area (Å²) in [6, 6.07) is 0. The van der Waals surface area contributed by atoms with E-state index in [1.54, 1.807) is 13.8 Å². The predicted molar refractivity (Wildman–Crippen MR) is 95.9 cm³/mol. The summed E-state index contributed by atoms with van der Waals surface area (Å²) in [6.07, 6.45) is 6.71. The lowest BCUT2D eigenvalue weighted by Crippen LogP contribution is -2.29. The van der Waals surface area contributed by atoms with Crippen LogP contribution in [0.5, 0.6) is 0 Å². The number of hydrogen-bond acceptors (Lipinski definition) is 4. The van der Waals surface area contributed by atoms with Crippen LogP contribution < -0.4 is 0 Å². The summed E-state index contributed by atoms with van der Waals surface area (Å²) in [7, 11) is -7.42. The van der Waals surface area contributed by atoms with Crippen LogP contribution in [0.25, 0.3) is 5.53 Å². The molecule has 0 bridgehead atoms. The van der Waals surface area contributed by atoms with Crippen molar-refractivity contribution in [3.8, 4) is 0 Å². The molecule has 0 amide bonds. The van der Waals surface area contributed by atoms with Crippen molar-refractivity contribution < 1.29 is 21.6 Å². The van der Waals surface area contributed by atoms with Gasteiger partial charge in [-0.3, -0.25) is 0 Å². The molecule has 136 valence electrons. The van der Waals surface area contributed by atoms with Gasteiger partial charge in [0.1, 0.15) is 0 Å². The van der Waals surface area contributed by atoms with Gasteiger partial charge in [0, 0.05) is 4.91 Å². The highest BCUT2D eigenvalue weighted by Gasteiger charge is 2.36. The van der Waals surface area contributed by atoms with Gasteiger partial charge in [-0.25, -0.2) is 16.8 Å². The van der Waals surface area contributed by atoms with Crippen molar-refractivity contribution in [2.45, 2.75) is 46.0 Å². The predicted octanol–water partition coefficient (Wildman–Crippen LogP) is 2.75. The van der Waals surface area contributed by atoms with E-state index in [0.717, 1.165) is 19.3 Å². The Kier molecular flexibility index (Phi) is 7.57. The molecule has 0 aromatic carbocycles. The van der Waals surface area contributed by atoms with Gasteiger partial charge in [-0.05, 0) is 18.8 Å². The average Bonchev–Trinajstić information content (AvgIpc) is 2.48. The van der Waals surface area contributed by atoms with Crippen molar-refractivity contribution in [3.05, 3.63) is 29.2 Å². The zero-order valence-corrected chi connectivity index (χ0v) is 15.9. The molecule has 0 atom stereocenters. The molecule has 1 rings (SSSR count). The Morgan fingerprint density at radius 1 is 1.12 bits per heavy atom. The van der Waals surface area contributed by atoms with Gasteiger partial charge >= 0.3 is 5.04 Å². The molecule has 0 aromatic rings. The van der Waals surface area contributed by atoms with Crippen LogP contribution in [0.15, 0.2) is 23.6 Å². The Balaban J connectivity index is 3.10. The van der Waals surface area contributed by atoms with E-state index < -0.39 is 25.4 Å². The lowest BCUT2D eigenvalue weighted by Gasteiger charge is -2.17. The third-order valence-corrected chi connectivity index (χ3v) is 7.83. The molecular weight excluding hydrogens is 348 g/mol. The SMILES string of the molecule is C=CCS(=O)(=O)C(=CCS(=O)(=O)C(=[N+]=[N-])C1CCCCC1)C(C)C. The molecule has 0 saturated heterocycles. The molecule has 0 heterocycles. The summed E-state index contributed by atoms with van der Waals surface area (Å²) in [5.41, 5.74) is 9.19. The summed E-state index contributed by atoms with van der Waals surface area (Å²) in [5.74, 6) is -1.34. The Hall–Kier alpha value is -1.24. The van der Waals surface area contributed by atoms with E-state index in [4.69, 9.17) is 0 Å². The van der Waals surface area contributed by atoms with Crippen molar-refractivity contribution in [3.63, 3.8) is 0 Å². The van der Waals surface area contributed by atoms with E-state index in [9.17, 15) is 22.4 Å². The van der Waals surface area contributed by atoms with Gasteiger partial charge in [-0.1, -0.05) is 45.3 Å². The molecule has 0 unspecified atom stereocenters. The third kappa shape index (κ3) is 5.40. The zero-order valence-electron chi connectivity index (χ0n) is 14.3. The summed E-state index contributed by atoms with van der Waals surface area (Å²) in [6.45, 7) is 6.81. The van der Waals surface area contributed by atoms with Crippen molar-refractivity contribution in [2.24, 2.45) is 11.8 Å².